The Morgan fingerprint density at radius 3 is 2.76 bits per heavy atom. The Labute approximate surface area is 98.7 Å². The first-order valence-corrected chi connectivity index (χ1v) is 5.65. The van der Waals surface area contributed by atoms with Crippen molar-refractivity contribution in [2.45, 2.75) is 25.3 Å². The van der Waals surface area contributed by atoms with Crippen molar-refractivity contribution in [3.05, 3.63) is 35.4 Å². The first-order valence-electron chi connectivity index (χ1n) is 5.65. The molecule has 17 heavy (non-hydrogen) atoms. The predicted octanol–water partition coefficient (Wildman–Crippen LogP) is 1.57. The van der Waals surface area contributed by atoms with E-state index < -0.39 is 11.6 Å². The molecular formula is C12H15F2N3. The molecule has 3 nitrogen and oxygen atoms in total. The van der Waals surface area contributed by atoms with Gasteiger partial charge in [-0.1, -0.05) is 6.07 Å². The van der Waals surface area contributed by atoms with Crippen LogP contribution in [-0.2, 0) is 6.42 Å². The number of aliphatic imine (C=N–C) groups is 1. The lowest BCUT2D eigenvalue weighted by atomic mass is 10.1. The highest BCUT2D eigenvalue weighted by Gasteiger charge is 2.21. The summed E-state index contributed by atoms with van der Waals surface area (Å²) in [5.41, 5.74) is 6.35. The number of hydrogen-bond donors (Lipinski definition) is 2. The molecule has 1 aromatic carbocycles. The van der Waals surface area contributed by atoms with Crippen LogP contribution in [0.3, 0.4) is 0 Å². The van der Waals surface area contributed by atoms with E-state index >= 15 is 0 Å². The van der Waals surface area contributed by atoms with Gasteiger partial charge < -0.3 is 11.1 Å². The topological polar surface area (TPSA) is 50.4 Å². The molecular weight excluding hydrogens is 224 g/mol. The average Bonchev–Trinajstić information content (AvgIpc) is 3.07. The fraction of sp³-hybridized carbons (Fsp3) is 0.417. The molecule has 1 aromatic rings. The van der Waals surface area contributed by atoms with Gasteiger partial charge in [0.1, 0.15) is 0 Å². The summed E-state index contributed by atoms with van der Waals surface area (Å²) in [6.07, 6.45) is 2.82. The Balaban J connectivity index is 1.82. The fourth-order valence-corrected chi connectivity index (χ4v) is 1.48. The molecule has 0 saturated heterocycles. The van der Waals surface area contributed by atoms with Crippen LogP contribution in [0.15, 0.2) is 23.2 Å². The van der Waals surface area contributed by atoms with E-state index in [4.69, 9.17) is 5.73 Å². The van der Waals surface area contributed by atoms with Crippen LogP contribution in [0, 0.1) is 11.6 Å². The van der Waals surface area contributed by atoms with E-state index in [0.717, 1.165) is 18.9 Å². The predicted molar refractivity (Wildman–Crippen MR) is 62.7 cm³/mol. The Morgan fingerprint density at radius 2 is 2.12 bits per heavy atom. The molecule has 0 amide bonds. The van der Waals surface area contributed by atoms with Gasteiger partial charge in [0.15, 0.2) is 17.6 Å². The molecule has 92 valence electrons. The molecule has 1 aliphatic carbocycles. The van der Waals surface area contributed by atoms with E-state index in [9.17, 15) is 8.78 Å². The van der Waals surface area contributed by atoms with Crippen molar-refractivity contribution in [1.29, 1.82) is 0 Å². The van der Waals surface area contributed by atoms with Crippen LogP contribution < -0.4 is 11.1 Å². The Hall–Kier alpha value is -1.65. The largest absolute Gasteiger partial charge is 0.370 e. The molecule has 0 bridgehead atoms. The van der Waals surface area contributed by atoms with Crippen LogP contribution in [0.1, 0.15) is 18.4 Å². The van der Waals surface area contributed by atoms with Gasteiger partial charge >= 0.3 is 0 Å². The summed E-state index contributed by atoms with van der Waals surface area (Å²) in [5, 5.41) is 3.05. The average molecular weight is 239 g/mol. The second-order valence-corrected chi connectivity index (χ2v) is 4.18. The molecule has 0 unspecified atom stereocenters. The molecule has 3 N–H and O–H groups in total. The molecule has 0 heterocycles. The highest BCUT2D eigenvalue weighted by atomic mass is 19.2. The van der Waals surface area contributed by atoms with Gasteiger partial charge in [-0.15, -0.1) is 0 Å². The van der Waals surface area contributed by atoms with Crippen molar-refractivity contribution in [2.75, 3.05) is 6.54 Å². The van der Waals surface area contributed by atoms with Gasteiger partial charge in [0.25, 0.3) is 0 Å². The van der Waals surface area contributed by atoms with Crippen LogP contribution in [0.2, 0.25) is 0 Å². The number of nitrogens with zero attached hydrogens (tertiary/aromatic N) is 1. The zero-order chi connectivity index (χ0) is 12.3. The number of guanidine groups is 1. The maximum Gasteiger partial charge on any atom is 0.188 e. The van der Waals surface area contributed by atoms with Crippen molar-refractivity contribution < 1.29 is 8.78 Å². The quantitative estimate of drug-likeness (QED) is 0.619. The maximum atomic E-state index is 12.9. The van der Waals surface area contributed by atoms with Gasteiger partial charge in [-0.05, 0) is 37.0 Å². The minimum absolute atomic E-state index is 0.426. The van der Waals surface area contributed by atoms with Crippen LogP contribution in [-0.4, -0.2) is 18.5 Å². The summed E-state index contributed by atoms with van der Waals surface area (Å²) in [6.45, 7) is 0.469. The standard InChI is InChI=1S/C12H15F2N3/c13-10-4-1-8(7-11(10)14)5-6-16-12(15)17-9-2-3-9/h1,4,7,9H,2-3,5-6H2,(H3,15,16,17). The molecule has 1 saturated carbocycles. The summed E-state index contributed by atoms with van der Waals surface area (Å²) in [7, 11) is 0. The monoisotopic (exact) mass is 239 g/mol. The molecule has 0 spiro atoms. The molecule has 0 radical (unpaired) electrons. The number of halogens is 2. The zero-order valence-electron chi connectivity index (χ0n) is 9.42. The molecule has 5 heteroatoms. The van der Waals surface area contributed by atoms with Gasteiger partial charge in [-0.3, -0.25) is 4.99 Å². The smallest absolute Gasteiger partial charge is 0.188 e. The lowest BCUT2D eigenvalue weighted by Gasteiger charge is -2.03. The lowest BCUT2D eigenvalue weighted by Crippen LogP contribution is -2.33. The van der Waals surface area contributed by atoms with Gasteiger partial charge in [0, 0.05) is 12.6 Å². The van der Waals surface area contributed by atoms with E-state index in [-0.39, 0.29) is 0 Å². The van der Waals surface area contributed by atoms with Gasteiger partial charge in [-0.2, -0.15) is 0 Å². The lowest BCUT2D eigenvalue weighted by molar-refractivity contribution is 0.507. The Bertz CT molecular complexity index is 428. The molecule has 0 atom stereocenters. The first kappa shape index (κ1) is 11.8. The molecule has 2 rings (SSSR count). The minimum atomic E-state index is -0.827. The van der Waals surface area contributed by atoms with Gasteiger partial charge in [0.05, 0.1) is 0 Å². The molecule has 0 aliphatic heterocycles. The van der Waals surface area contributed by atoms with E-state index in [1.54, 1.807) is 6.07 Å². The Morgan fingerprint density at radius 1 is 1.35 bits per heavy atom. The fourth-order valence-electron chi connectivity index (χ4n) is 1.48. The highest BCUT2D eigenvalue weighted by molar-refractivity contribution is 5.78. The first-order chi connectivity index (χ1) is 8.15. The number of benzene rings is 1. The van der Waals surface area contributed by atoms with Gasteiger partial charge in [0.2, 0.25) is 0 Å². The minimum Gasteiger partial charge on any atom is -0.370 e. The van der Waals surface area contributed by atoms with Crippen LogP contribution in [0.4, 0.5) is 8.78 Å². The molecule has 0 aromatic heterocycles. The normalized spacial score (nSPS) is 16.0. The van der Waals surface area contributed by atoms with E-state index in [0.29, 0.717) is 30.5 Å². The highest BCUT2D eigenvalue weighted by Crippen LogP contribution is 2.18. The van der Waals surface area contributed by atoms with Crippen molar-refractivity contribution in [1.82, 2.24) is 5.32 Å². The third-order valence-corrected chi connectivity index (χ3v) is 2.60. The third kappa shape index (κ3) is 3.69. The summed E-state index contributed by atoms with van der Waals surface area (Å²) in [6, 6.07) is 4.34. The van der Waals surface area contributed by atoms with E-state index in [2.05, 4.69) is 10.3 Å². The van der Waals surface area contributed by atoms with Crippen molar-refractivity contribution >= 4 is 5.96 Å². The second kappa shape index (κ2) is 5.12. The Kier molecular flexibility index (Phi) is 3.56. The van der Waals surface area contributed by atoms with Gasteiger partial charge in [-0.25, -0.2) is 8.78 Å². The van der Waals surface area contributed by atoms with Crippen molar-refractivity contribution in [3.63, 3.8) is 0 Å². The molecule has 1 fully saturated rings. The van der Waals surface area contributed by atoms with Crippen LogP contribution >= 0.6 is 0 Å². The van der Waals surface area contributed by atoms with Crippen molar-refractivity contribution in [3.8, 4) is 0 Å². The van der Waals surface area contributed by atoms with E-state index in [1.807, 2.05) is 0 Å². The summed E-state index contributed by atoms with van der Waals surface area (Å²) in [4.78, 5) is 4.12. The maximum absolute atomic E-state index is 12.9. The summed E-state index contributed by atoms with van der Waals surface area (Å²) < 4.78 is 25.6. The number of nitrogens with one attached hydrogen (secondary N) is 1. The number of nitrogens with two attached hydrogens (primary N) is 1. The van der Waals surface area contributed by atoms with Crippen LogP contribution in [0.5, 0.6) is 0 Å². The SMILES string of the molecule is NC(=NCCc1ccc(F)c(F)c1)NC1CC1. The number of rotatable bonds is 4. The number of hydrogen-bond acceptors (Lipinski definition) is 1. The van der Waals surface area contributed by atoms with Crippen LogP contribution in [0.25, 0.3) is 0 Å². The van der Waals surface area contributed by atoms with E-state index in [1.165, 1.54) is 6.07 Å². The van der Waals surface area contributed by atoms with Crippen molar-refractivity contribution in [2.24, 2.45) is 10.7 Å². The third-order valence-electron chi connectivity index (χ3n) is 2.60. The second-order valence-electron chi connectivity index (χ2n) is 4.18. The molecule has 1 aliphatic rings. The summed E-state index contributed by atoms with van der Waals surface area (Å²) in [5.74, 6) is -1.22. The zero-order valence-corrected chi connectivity index (χ0v) is 9.42. The summed E-state index contributed by atoms with van der Waals surface area (Å²) >= 11 is 0.